The van der Waals surface area contributed by atoms with Crippen molar-refractivity contribution in [2.75, 3.05) is 10.7 Å². The topological polar surface area (TPSA) is 132 Å². The first-order valence-electron chi connectivity index (χ1n) is 7.53. The minimum absolute atomic E-state index is 0.0912. The highest BCUT2D eigenvalue weighted by molar-refractivity contribution is 5.93. The highest BCUT2D eigenvalue weighted by Crippen LogP contribution is 2.23. The summed E-state index contributed by atoms with van der Waals surface area (Å²) in [5.74, 6) is -0.0971. The van der Waals surface area contributed by atoms with E-state index in [9.17, 15) is 14.7 Å². The molecule has 0 spiro atoms. The molecule has 0 unspecified atom stereocenters. The lowest BCUT2D eigenvalue weighted by molar-refractivity contribution is -0.116. The van der Waals surface area contributed by atoms with Gasteiger partial charge in [0.2, 0.25) is 12.3 Å². The van der Waals surface area contributed by atoms with Gasteiger partial charge in [0.15, 0.2) is 0 Å². The summed E-state index contributed by atoms with van der Waals surface area (Å²) >= 11 is 0. The number of nitrogens with one attached hydrogen (secondary N) is 4. The van der Waals surface area contributed by atoms with Crippen LogP contribution in [0.5, 0.6) is 5.75 Å². The van der Waals surface area contributed by atoms with Crippen molar-refractivity contribution < 1.29 is 14.7 Å². The molecule has 9 nitrogen and oxygen atoms in total. The van der Waals surface area contributed by atoms with Crippen molar-refractivity contribution in [1.82, 2.24) is 20.8 Å². The molecule has 0 saturated carbocycles. The largest absolute Gasteiger partial charge is 0.508 e. The van der Waals surface area contributed by atoms with Crippen molar-refractivity contribution in [1.29, 1.82) is 0 Å². The second-order valence-electron chi connectivity index (χ2n) is 5.32. The zero-order valence-corrected chi connectivity index (χ0v) is 13.1. The standard InChI is InChI=1S/C16H16N6O3/c23-9-17-19-12-3-5-15(24)10(7-12)1-6-16(25)18-11-2-4-13-14(8-11)21-22-20-13/h2-5,7-9,19,24H,1,6H2,(H,17,23)(H,18,25)(H,20,21,22). The number of phenols is 1. The number of hydrogen-bond acceptors (Lipinski definition) is 6. The Bertz CT molecular complexity index is 908. The molecule has 0 aliphatic carbocycles. The summed E-state index contributed by atoms with van der Waals surface area (Å²) in [5.41, 5.74) is 8.26. The van der Waals surface area contributed by atoms with Crippen LogP contribution in [0.1, 0.15) is 12.0 Å². The Balaban J connectivity index is 1.60. The molecule has 3 rings (SSSR count). The average Bonchev–Trinajstić information content (AvgIpc) is 3.07. The summed E-state index contributed by atoms with van der Waals surface area (Å²) in [4.78, 5) is 22.4. The summed E-state index contributed by atoms with van der Waals surface area (Å²) in [6.07, 6.45) is 1.04. The monoisotopic (exact) mass is 340 g/mol. The van der Waals surface area contributed by atoms with E-state index in [0.717, 1.165) is 5.52 Å². The minimum atomic E-state index is -0.188. The normalized spacial score (nSPS) is 10.4. The molecule has 128 valence electrons. The molecule has 1 aromatic heterocycles. The van der Waals surface area contributed by atoms with Gasteiger partial charge in [0.25, 0.3) is 0 Å². The quantitative estimate of drug-likeness (QED) is 0.250. The van der Waals surface area contributed by atoms with Gasteiger partial charge in [-0.15, -0.1) is 5.10 Å². The van der Waals surface area contributed by atoms with Crippen LogP contribution in [-0.4, -0.2) is 32.8 Å². The average molecular weight is 340 g/mol. The second-order valence-corrected chi connectivity index (χ2v) is 5.32. The fraction of sp³-hybridized carbons (Fsp3) is 0.125. The first kappa shape index (κ1) is 16.2. The third-order valence-corrected chi connectivity index (χ3v) is 3.59. The number of aromatic hydroxyl groups is 1. The van der Waals surface area contributed by atoms with Gasteiger partial charge in [-0.05, 0) is 48.4 Å². The van der Waals surface area contributed by atoms with E-state index in [1.54, 1.807) is 30.3 Å². The molecule has 2 amide bonds. The number of carbonyl (C=O) groups is 2. The zero-order chi connectivity index (χ0) is 17.6. The van der Waals surface area contributed by atoms with Crippen molar-refractivity contribution in [2.24, 2.45) is 0 Å². The summed E-state index contributed by atoms with van der Waals surface area (Å²) < 4.78 is 0. The molecular formula is C16H16N6O3. The van der Waals surface area contributed by atoms with Crippen LogP contribution in [0.15, 0.2) is 36.4 Å². The minimum Gasteiger partial charge on any atom is -0.508 e. The van der Waals surface area contributed by atoms with E-state index in [2.05, 4.69) is 31.6 Å². The van der Waals surface area contributed by atoms with Crippen molar-refractivity contribution >= 4 is 34.7 Å². The number of aromatic amines is 1. The molecular weight excluding hydrogens is 324 g/mol. The van der Waals surface area contributed by atoms with Crippen LogP contribution >= 0.6 is 0 Å². The summed E-state index contributed by atoms with van der Waals surface area (Å²) in [5, 5.41) is 23.0. The van der Waals surface area contributed by atoms with Crippen LogP contribution in [0.2, 0.25) is 0 Å². The lowest BCUT2D eigenvalue weighted by atomic mass is 10.1. The first-order valence-corrected chi connectivity index (χ1v) is 7.53. The third kappa shape index (κ3) is 4.02. The number of phenolic OH excluding ortho intramolecular Hbond substituents is 1. The molecule has 1 heterocycles. The molecule has 0 aliphatic rings. The molecule has 5 N–H and O–H groups in total. The fourth-order valence-electron chi connectivity index (χ4n) is 2.37. The number of fused-ring (bicyclic) bond motifs is 1. The lowest BCUT2D eigenvalue weighted by Crippen LogP contribution is -2.19. The predicted octanol–water partition coefficient (Wildman–Crippen LogP) is 1.31. The van der Waals surface area contributed by atoms with Gasteiger partial charge in [-0.1, -0.05) is 5.21 Å². The van der Waals surface area contributed by atoms with Crippen LogP contribution < -0.4 is 16.2 Å². The highest BCUT2D eigenvalue weighted by atomic mass is 16.3. The molecule has 3 aromatic rings. The van der Waals surface area contributed by atoms with Gasteiger partial charge in [0.1, 0.15) is 11.3 Å². The van der Waals surface area contributed by atoms with Crippen molar-refractivity contribution in [3.63, 3.8) is 0 Å². The van der Waals surface area contributed by atoms with Gasteiger partial charge in [-0.3, -0.25) is 25.5 Å². The molecule has 0 radical (unpaired) electrons. The van der Waals surface area contributed by atoms with E-state index in [4.69, 9.17) is 0 Å². The molecule has 0 saturated heterocycles. The maximum atomic E-state index is 12.1. The van der Waals surface area contributed by atoms with Gasteiger partial charge in [0.05, 0.1) is 11.2 Å². The molecule has 0 atom stereocenters. The molecule has 0 fully saturated rings. The number of H-pyrrole nitrogens is 1. The molecule has 9 heteroatoms. The van der Waals surface area contributed by atoms with Crippen LogP contribution in [0.4, 0.5) is 11.4 Å². The summed E-state index contributed by atoms with van der Waals surface area (Å²) in [7, 11) is 0. The van der Waals surface area contributed by atoms with E-state index >= 15 is 0 Å². The van der Waals surface area contributed by atoms with Crippen molar-refractivity contribution in [2.45, 2.75) is 12.8 Å². The van der Waals surface area contributed by atoms with Gasteiger partial charge in [-0.2, -0.15) is 0 Å². The highest BCUT2D eigenvalue weighted by Gasteiger charge is 2.08. The Morgan fingerprint density at radius 2 is 2.04 bits per heavy atom. The van der Waals surface area contributed by atoms with Gasteiger partial charge < -0.3 is 10.4 Å². The van der Waals surface area contributed by atoms with Crippen molar-refractivity contribution in [3.8, 4) is 5.75 Å². The van der Waals surface area contributed by atoms with E-state index in [-0.39, 0.29) is 18.1 Å². The van der Waals surface area contributed by atoms with E-state index in [0.29, 0.717) is 35.3 Å². The van der Waals surface area contributed by atoms with E-state index in [1.807, 2.05) is 0 Å². The number of carbonyl (C=O) groups excluding carboxylic acids is 2. The zero-order valence-electron chi connectivity index (χ0n) is 13.1. The Labute approximate surface area is 142 Å². The van der Waals surface area contributed by atoms with Crippen LogP contribution in [-0.2, 0) is 16.0 Å². The van der Waals surface area contributed by atoms with Gasteiger partial charge >= 0.3 is 0 Å². The number of nitrogens with zero attached hydrogens (tertiary/aromatic N) is 2. The number of aryl methyl sites for hydroxylation is 1. The number of aromatic nitrogens is 3. The first-order chi connectivity index (χ1) is 12.2. The molecule has 2 aromatic carbocycles. The van der Waals surface area contributed by atoms with Crippen LogP contribution in [0.3, 0.4) is 0 Å². The number of benzene rings is 2. The maximum Gasteiger partial charge on any atom is 0.225 e. The number of rotatable bonds is 7. The second kappa shape index (κ2) is 7.30. The third-order valence-electron chi connectivity index (χ3n) is 3.59. The van der Waals surface area contributed by atoms with Gasteiger partial charge in [0, 0.05) is 12.1 Å². The summed E-state index contributed by atoms with van der Waals surface area (Å²) in [6.45, 7) is 0. The molecule has 0 aliphatic heterocycles. The van der Waals surface area contributed by atoms with Crippen LogP contribution in [0.25, 0.3) is 11.0 Å². The van der Waals surface area contributed by atoms with Crippen LogP contribution in [0, 0.1) is 0 Å². The number of anilines is 2. The lowest BCUT2D eigenvalue weighted by Gasteiger charge is -2.09. The predicted molar refractivity (Wildman–Crippen MR) is 91.8 cm³/mol. The SMILES string of the molecule is O=CNNc1ccc(O)c(CCC(=O)Nc2ccc3[nH]nnc3c2)c1. The Morgan fingerprint density at radius 1 is 1.20 bits per heavy atom. The van der Waals surface area contributed by atoms with E-state index in [1.165, 1.54) is 6.07 Å². The number of amides is 2. The maximum absolute atomic E-state index is 12.1. The Hall–Kier alpha value is -3.62. The fourth-order valence-corrected chi connectivity index (χ4v) is 2.37. The number of hydrogen-bond donors (Lipinski definition) is 5. The Morgan fingerprint density at radius 3 is 2.88 bits per heavy atom. The molecule has 25 heavy (non-hydrogen) atoms. The van der Waals surface area contributed by atoms with E-state index < -0.39 is 0 Å². The smallest absolute Gasteiger partial charge is 0.225 e. The summed E-state index contributed by atoms with van der Waals surface area (Å²) in [6, 6.07) is 10.0. The van der Waals surface area contributed by atoms with Gasteiger partial charge in [-0.25, -0.2) is 0 Å². The number of hydrazine groups is 1. The molecule has 0 bridgehead atoms. The van der Waals surface area contributed by atoms with Crippen molar-refractivity contribution in [3.05, 3.63) is 42.0 Å². The Kier molecular flexibility index (Phi) is 4.74.